The Morgan fingerprint density at radius 1 is 1.46 bits per heavy atom. The highest BCUT2D eigenvalue weighted by atomic mass is 79.9. The minimum absolute atomic E-state index is 0.0994. The average Bonchev–Trinajstić information content (AvgIpc) is 3.37. The molecule has 1 aromatic carbocycles. The van der Waals surface area contributed by atoms with Gasteiger partial charge in [0.25, 0.3) is 5.69 Å². The van der Waals surface area contributed by atoms with Gasteiger partial charge in [-0.2, -0.15) is 18.3 Å². The lowest BCUT2D eigenvalue weighted by Crippen LogP contribution is -2.26. The Morgan fingerprint density at radius 3 is 2.61 bits per heavy atom. The molecule has 1 heterocycles. The Kier molecular flexibility index (Phi) is 5.08. The molecule has 12 heteroatoms. The quantitative estimate of drug-likeness (QED) is 0.389. The summed E-state index contributed by atoms with van der Waals surface area (Å²) in [6.45, 7) is 1.38. The number of anilines is 1. The summed E-state index contributed by atoms with van der Waals surface area (Å²) in [4.78, 5) is 22.5. The third-order valence-electron chi connectivity index (χ3n) is 4.32. The lowest BCUT2D eigenvalue weighted by molar-refractivity contribution is -0.384. The smallest absolute Gasteiger partial charge is 0.436 e. The van der Waals surface area contributed by atoms with Gasteiger partial charge in [-0.15, -0.1) is 0 Å². The number of hydrogen-bond acceptors (Lipinski definition) is 5. The molecule has 0 spiro atoms. The maximum Gasteiger partial charge on any atom is 0.436 e. The first-order valence-corrected chi connectivity index (χ1v) is 8.93. The van der Waals surface area contributed by atoms with Crippen LogP contribution in [0.3, 0.4) is 0 Å². The number of hydrogen-bond donors (Lipinski definition) is 2. The molecule has 1 aromatic heterocycles. The second-order valence-corrected chi connectivity index (χ2v) is 7.18. The lowest BCUT2D eigenvalue weighted by Gasteiger charge is -2.16. The number of alkyl halides is 3. The fraction of sp³-hybridized carbons (Fsp3) is 0.375. The normalized spacial score (nSPS) is 15.3. The van der Waals surface area contributed by atoms with Crippen LogP contribution in [0.15, 0.2) is 22.7 Å². The maximum absolute atomic E-state index is 13.2. The highest BCUT2D eigenvalue weighted by molar-refractivity contribution is 9.10. The van der Waals surface area contributed by atoms with Crippen LogP contribution in [-0.2, 0) is 11.0 Å². The molecule has 3 rings (SSSR count). The van der Waals surface area contributed by atoms with Gasteiger partial charge < -0.3 is 10.4 Å². The highest BCUT2D eigenvalue weighted by Gasteiger charge is 2.43. The number of phenols is 1. The fourth-order valence-corrected chi connectivity index (χ4v) is 3.52. The molecule has 8 nitrogen and oxygen atoms in total. The molecule has 1 fully saturated rings. The van der Waals surface area contributed by atoms with Gasteiger partial charge in [-0.25, -0.2) is 0 Å². The van der Waals surface area contributed by atoms with Crippen LogP contribution in [0.2, 0.25) is 0 Å². The molecule has 28 heavy (non-hydrogen) atoms. The zero-order valence-corrected chi connectivity index (χ0v) is 15.9. The van der Waals surface area contributed by atoms with E-state index in [0.717, 1.165) is 22.9 Å². The predicted octanol–water partition coefficient (Wildman–Crippen LogP) is 4.36. The topological polar surface area (TPSA) is 110 Å². The zero-order chi connectivity index (χ0) is 20.8. The Balaban J connectivity index is 1.89. The van der Waals surface area contributed by atoms with Crippen molar-refractivity contribution < 1.29 is 28.0 Å². The predicted molar refractivity (Wildman–Crippen MR) is 95.0 cm³/mol. The van der Waals surface area contributed by atoms with Crippen molar-refractivity contribution in [1.29, 1.82) is 0 Å². The van der Waals surface area contributed by atoms with Crippen molar-refractivity contribution >= 4 is 33.2 Å². The summed E-state index contributed by atoms with van der Waals surface area (Å²) in [5, 5.41) is 26.5. The van der Waals surface area contributed by atoms with E-state index in [9.17, 15) is 33.2 Å². The molecule has 2 N–H and O–H groups in total. The number of nitrogens with zero attached hydrogens (tertiary/aromatic N) is 3. The van der Waals surface area contributed by atoms with Gasteiger partial charge >= 0.3 is 6.18 Å². The van der Waals surface area contributed by atoms with Gasteiger partial charge in [-0.05, 0) is 41.8 Å². The summed E-state index contributed by atoms with van der Waals surface area (Å²) < 4.78 is 40.4. The number of aromatic nitrogens is 2. The van der Waals surface area contributed by atoms with Gasteiger partial charge in [-0.1, -0.05) is 0 Å². The Hall–Kier alpha value is -2.63. The van der Waals surface area contributed by atoms with Crippen LogP contribution in [-0.4, -0.2) is 25.7 Å². The third kappa shape index (κ3) is 3.81. The molecule has 1 atom stereocenters. The molecule has 1 unspecified atom stereocenters. The van der Waals surface area contributed by atoms with E-state index in [1.54, 1.807) is 0 Å². The van der Waals surface area contributed by atoms with Crippen molar-refractivity contribution in [3.8, 4) is 5.75 Å². The van der Waals surface area contributed by atoms with Gasteiger partial charge in [0, 0.05) is 12.0 Å². The number of non-ortho nitro benzene ring substituents is 1. The van der Waals surface area contributed by atoms with Gasteiger partial charge in [0.2, 0.25) is 5.91 Å². The number of phenolic OH excluding ortho intramolecular Hbond substituents is 1. The van der Waals surface area contributed by atoms with Crippen LogP contribution < -0.4 is 5.32 Å². The van der Waals surface area contributed by atoms with Gasteiger partial charge in [0.15, 0.2) is 5.69 Å². The van der Waals surface area contributed by atoms with Crippen molar-refractivity contribution in [2.45, 2.75) is 37.9 Å². The van der Waals surface area contributed by atoms with Crippen LogP contribution in [0.1, 0.15) is 43.1 Å². The SMILES string of the molecule is CC(C(=O)Nc1ccc([N+](=O)[O-])cc1O)n1nc(C(F)(F)F)c(Br)c1C1CC1. The van der Waals surface area contributed by atoms with Gasteiger partial charge in [0.05, 0.1) is 26.8 Å². The lowest BCUT2D eigenvalue weighted by atomic mass is 10.2. The average molecular weight is 463 g/mol. The number of nitrogens with one attached hydrogen (secondary N) is 1. The number of benzene rings is 1. The van der Waals surface area contributed by atoms with Crippen molar-refractivity contribution in [2.24, 2.45) is 0 Å². The van der Waals surface area contributed by atoms with E-state index in [0.29, 0.717) is 18.5 Å². The fourth-order valence-electron chi connectivity index (χ4n) is 2.71. The standard InChI is InChI=1S/C16H14BrF3N4O4/c1-7(15(26)21-10-5-4-9(24(27)28)6-11(10)25)23-13(8-2-3-8)12(17)14(22-23)16(18,19)20/h4-8,25H,2-3H2,1H3,(H,21,26). The largest absolute Gasteiger partial charge is 0.506 e. The van der Waals surface area contributed by atoms with Crippen molar-refractivity contribution in [2.75, 3.05) is 5.32 Å². The molecular weight excluding hydrogens is 449 g/mol. The van der Waals surface area contributed by atoms with Gasteiger partial charge in [0.1, 0.15) is 11.8 Å². The first kappa shape index (κ1) is 20.1. The monoisotopic (exact) mass is 462 g/mol. The first-order valence-electron chi connectivity index (χ1n) is 8.14. The summed E-state index contributed by atoms with van der Waals surface area (Å²) in [7, 11) is 0. The first-order chi connectivity index (χ1) is 13.0. The number of nitro groups is 1. The van der Waals surface area contributed by atoms with Gasteiger partial charge in [-0.3, -0.25) is 19.6 Å². The van der Waals surface area contributed by atoms with Crippen LogP contribution >= 0.6 is 15.9 Å². The number of carbonyl (C=O) groups is 1. The Bertz CT molecular complexity index is 956. The molecule has 150 valence electrons. The van der Waals surface area contributed by atoms with E-state index >= 15 is 0 Å². The summed E-state index contributed by atoms with van der Waals surface area (Å²) in [6, 6.07) is 1.97. The van der Waals surface area contributed by atoms with Crippen molar-refractivity contribution in [3.63, 3.8) is 0 Å². The number of halogens is 4. The molecule has 1 saturated carbocycles. The summed E-state index contributed by atoms with van der Waals surface area (Å²) in [5.41, 5.74) is -1.28. The molecule has 1 amide bonds. The van der Waals surface area contributed by atoms with E-state index in [4.69, 9.17) is 0 Å². The number of aromatic hydroxyl groups is 1. The third-order valence-corrected chi connectivity index (χ3v) is 5.10. The second kappa shape index (κ2) is 7.08. The van der Waals surface area contributed by atoms with Crippen LogP contribution in [0.5, 0.6) is 5.75 Å². The van der Waals surface area contributed by atoms with E-state index in [1.165, 1.54) is 6.92 Å². The number of carbonyl (C=O) groups excluding carboxylic acids is 1. The van der Waals surface area contributed by atoms with Crippen LogP contribution in [0.4, 0.5) is 24.5 Å². The summed E-state index contributed by atoms with van der Waals surface area (Å²) in [5.74, 6) is -1.38. The van der Waals surface area contributed by atoms with E-state index in [1.807, 2.05) is 0 Å². The number of amides is 1. The minimum atomic E-state index is -4.68. The maximum atomic E-state index is 13.2. The minimum Gasteiger partial charge on any atom is -0.506 e. The Morgan fingerprint density at radius 2 is 2.11 bits per heavy atom. The highest BCUT2D eigenvalue weighted by Crippen LogP contribution is 2.47. The molecule has 0 saturated heterocycles. The van der Waals surface area contributed by atoms with E-state index < -0.39 is 34.5 Å². The Labute approximate surface area is 164 Å². The van der Waals surface area contributed by atoms with E-state index in [2.05, 4.69) is 26.3 Å². The molecular formula is C16H14BrF3N4O4. The molecule has 0 bridgehead atoms. The summed E-state index contributed by atoms with van der Waals surface area (Å²) >= 11 is 2.96. The van der Waals surface area contributed by atoms with Crippen molar-refractivity contribution in [3.05, 3.63) is 44.2 Å². The van der Waals surface area contributed by atoms with Crippen LogP contribution in [0, 0.1) is 10.1 Å². The summed E-state index contributed by atoms with van der Waals surface area (Å²) in [6.07, 6.45) is -3.29. The van der Waals surface area contributed by atoms with Crippen molar-refractivity contribution in [1.82, 2.24) is 9.78 Å². The van der Waals surface area contributed by atoms with Crippen LogP contribution in [0.25, 0.3) is 0 Å². The molecule has 0 radical (unpaired) electrons. The molecule has 1 aliphatic rings. The molecule has 0 aliphatic heterocycles. The second-order valence-electron chi connectivity index (χ2n) is 6.39. The number of nitro benzene ring substituents is 1. The molecule has 2 aromatic rings. The molecule has 1 aliphatic carbocycles. The zero-order valence-electron chi connectivity index (χ0n) is 14.3. The number of rotatable bonds is 5. The van der Waals surface area contributed by atoms with E-state index in [-0.39, 0.29) is 21.8 Å².